The number of nitrogens with zero attached hydrogens (tertiary/aromatic N) is 3. The summed E-state index contributed by atoms with van der Waals surface area (Å²) in [4.78, 5) is 23.4. The van der Waals surface area contributed by atoms with Gasteiger partial charge in [0.25, 0.3) is 0 Å². The van der Waals surface area contributed by atoms with Gasteiger partial charge in [0.05, 0.1) is 5.69 Å². The molecule has 2 N–H and O–H groups in total. The predicted octanol–water partition coefficient (Wildman–Crippen LogP) is 4.57. The molecule has 3 heterocycles. The molecular weight excluding hydrogens is 393 g/mol. The van der Waals surface area contributed by atoms with Crippen molar-refractivity contribution in [2.45, 2.75) is 31.7 Å². The summed E-state index contributed by atoms with van der Waals surface area (Å²) in [5.74, 6) is 1.52. The molecule has 1 amide bonds. The van der Waals surface area contributed by atoms with Crippen LogP contribution in [0, 0.1) is 5.82 Å². The van der Waals surface area contributed by atoms with Crippen LogP contribution in [0.3, 0.4) is 0 Å². The molecule has 1 aromatic carbocycles. The van der Waals surface area contributed by atoms with Gasteiger partial charge in [0.15, 0.2) is 0 Å². The zero-order chi connectivity index (χ0) is 21.6. The number of hydrogen-bond donors (Lipinski definition) is 2. The second-order valence-electron chi connectivity index (χ2n) is 7.76. The molecule has 0 aliphatic carbocycles. The number of amides is 1. The van der Waals surface area contributed by atoms with Crippen molar-refractivity contribution in [3.05, 3.63) is 78.4 Å². The van der Waals surface area contributed by atoms with Gasteiger partial charge in [-0.05, 0) is 67.6 Å². The van der Waals surface area contributed by atoms with Gasteiger partial charge in [-0.25, -0.2) is 14.4 Å². The number of rotatable bonds is 6. The summed E-state index contributed by atoms with van der Waals surface area (Å²) in [7, 11) is 0. The van der Waals surface area contributed by atoms with Gasteiger partial charge in [-0.1, -0.05) is 18.2 Å². The third-order valence-corrected chi connectivity index (χ3v) is 5.60. The van der Waals surface area contributed by atoms with Crippen molar-refractivity contribution < 1.29 is 9.18 Å². The molecule has 0 saturated carbocycles. The molecule has 1 atom stereocenters. The zero-order valence-electron chi connectivity index (χ0n) is 17.5. The quantitative estimate of drug-likeness (QED) is 0.613. The molecular formula is C24H26FN5O. The van der Waals surface area contributed by atoms with Crippen LogP contribution >= 0.6 is 0 Å². The molecule has 4 rings (SSSR count). The molecule has 1 aliphatic rings. The van der Waals surface area contributed by atoms with E-state index in [4.69, 9.17) is 0 Å². The Morgan fingerprint density at radius 3 is 2.52 bits per heavy atom. The van der Waals surface area contributed by atoms with Crippen LogP contribution in [-0.2, 0) is 4.79 Å². The Hall–Kier alpha value is -3.48. The molecule has 1 saturated heterocycles. The number of carbonyl (C=O) groups excluding carboxylic acids is 1. The van der Waals surface area contributed by atoms with Crippen molar-refractivity contribution in [1.82, 2.24) is 14.9 Å². The smallest absolute Gasteiger partial charge is 0.244 e. The molecule has 160 valence electrons. The summed E-state index contributed by atoms with van der Waals surface area (Å²) in [6, 6.07) is 15.7. The van der Waals surface area contributed by atoms with Crippen molar-refractivity contribution in [2.24, 2.45) is 0 Å². The zero-order valence-corrected chi connectivity index (χ0v) is 17.5. The largest absolute Gasteiger partial charge is 0.372 e. The molecule has 0 spiro atoms. The lowest BCUT2D eigenvalue weighted by Gasteiger charge is -2.34. The van der Waals surface area contributed by atoms with Crippen LogP contribution in [0.25, 0.3) is 0 Å². The molecule has 1 aliphatic heterocycles. The van der Waals surface area contributed by atoms with Crippen molar-refractivity contribution in [3.63, 3.8) is 0 Å². The maximum atomic E-state index is 13.9. The maximum Gasteiger partial charge on any atom is 0.244 e. The fourth-order valence-corrected chi connectivity index (χ4v) is 3.92. The second-order valence-corrected chi connectivity index (χ2v) is 7.76. The molecule has 1 unspecified atom stereocenters. The molecule has 0 radical (unpaired) electrons. The number of piperidine rings is 1. The molecule has 7 heteroatoms. The average molecular weight is 420 g/mol. The van der Waals surface area contributed by atoms with E-state index in [0.717, 1.165) is 24.5 Å². The topological polar surface area (TPSA) is 70.2 Å². The Balaban J connectivity index is 1.33. The number of halogens is 1. The first kappa shape index (κ1) is 20.8. The third kappa shape index (κ3) is 5.17. The minimum Gasteiger partial charge on any atom is -0.372 e. The highest BCUT2D eigenvalue weighted by Gasteiger charge is 2.27. The van der Waals surface area contributed by atoms with Gasteiger partial charge in [0, 0.05) is 25.5 Å². The number of carbonyl (C=O) groups is 1. The Bertz CT molecular complexity index is 1020. The van der Waals surface area contributed by atoms with Gasteiger partial charge in [-0.2, -0.15) is 0 Å². The number of anilines is 3. The van der Waals surface area contributed by atoms with E-state index in [1.807, 2.05) is 29.2 Å². The van der Waals surface area contributed by atoms with Gasteiger partial charge >= 0.3 is 0 Å². The molecule has 31 heavy (non-hydrogen) atoms. The van der Waals surface area contributed by atoms with E-state index in [2.05, 4.69) is 26.7 Å². The number of nitrogens with one attached hydrogen (secondary N) is 2. The number of likely N-dealkylation sites (tertiary alicyclic amines) is 1. The number of hydrogen-bond acceptors (Lipinski definition) is 5. The second kappa shape index (κ2) is 9.55. The molecule has 2 aromatic heterocycles. The first-order valence-electron chi connectivity index (χ1n) is 10.5. The van der Waals surface area contributed by atoms with E-state index in [1.165, 1.54) is 11.6 Å². The molecule has 6 nitrogen and oxygen atoms in total. The minimum atomic E-state index is -0.483. The lowest BCUT2D eigenvalue weighted by molar-refractivity contribution is -0.132. The van der Waals surface area contributed by atoms with Crippen molar-refractivity contribution in [1.29, 1.82) is 0 Å². The van der Waals surface area contributed by atoms with Crippen LogP contribution in [0.5, 0.6) is 0 Å². The molecule has 0 bridgehead atoms. The van der Waals surface area contributed by atoms with Gasteiger partial charge in [0.2, 0.25) is 5.91 Å². The lowest BCUT2D eigenvalue weighted by atomic mass is 9.89. The van der Waals surface area contributed by atoms with E-state index in [0.29, 0.717) is 24.7 Å². The van der Waals surface area contributed by atoms with E-state index >= 15 is 0 Å². The van der Waals surface area contributed by atoms with Gasteiger partial charge in [-0.3, -0.25) is 4.79 Å². The minimum absolute atomic E-state index is 0.00561. The average Bonchev–Trinajstić information content (AvgIpc) is 2.81. The fraction of sp³-hybridized carbons (Fsp3) is 0.292. The first-order valence-corrected chi connectivity index (χ1v) is 10.5. The number of pyridine rings is 2. The Kier molecular flexibility index (Phi) is 6.40. The fourth-order valence-electron chi connectivity index (χ4n) is 3.92. The first-order chi connectivity index (χ1) is 15.1. The summed E-state index contributed by atoms with van der Waals surface area (Å²) in [5, 5.41) is 6.22. The summed E-state index contributed by atoms with van der Waals surface area (Å²) in [6.07, 6.45) is 5.30. The maximum absolute atomic E-state index is 13.9. The number of para-hydroxylation sites is 1. The highest BCUT2D eigenvalue weighted by molar-refractivity contribution is 5.84. The standard InChI is InChI=1S/C24H26FN5O/c1-17(28-21-7-3-2-6-20(21)25)24(31)30-14-10-18(11-15-30)19-9-13-27-23(16-19)29-22-8-4-5-12-26-22/h2-9,12-13,16-18,28H,10-11,14-15H2,1H3,(H,26,27,29). The number of benzene rings is 1. The predicted molar refractivity (Wildman–Crippen MR) is 120 cm³/mol. The van der Waals surface area contributed by atoms with Crippen LogP contribution in [-0.4, -0.2) is 39.9 Å². The van der Waals surface area contributed by atoms with Gasteiger partial charge < -0.3 is 15.5 Å². The summed E-state index contributed by atoms with van der Waals surface area (Å²) >= 11 is 0. The Labute approximate surface area is 181 Å². The van der Waals surface area contributed by atoms with Crippen LogP contribution in [0.1, 0.15) is 31.2 Å². The Morgan fingerprint density at radius 1 is 1.03 bits per heavy atom. The van der Waals surface area contributed by atoms with E-state index in [1.54, 1.807) is 37.5 Å². The molecule has 1 fully saturated rings. The van der Waals surface area contributed by atoms with Crippen molar-refractivity contribution in [3.8, 4) is 0 Å². The normalized spacial score (nSPS) is 15.4. The van der Waals surface area contributed by atoms with E-state index in [9.17, 15) is 9.18 Å². The van der Waals surface area contributed by atoms with E-state index < -0.39 is 6.04 Å². The third-order valence-electron chi connectivity index (χ3n) is 5.60. The monoisotopic (exact) mass is 419 g/mol. The van der Waals surface area contributed by atoms with Crippen LogP contribution in [0.15, 0.2) is 67.0 Å². The number of aromatic nitrogens is 2. The lowest BCUT2D eigenvalue weighted by Crippen LogP contribution is -2.45. The van der Waals surface area contributed by atoms with Crippen LogP contribution < -0.4 is 10.6 Å². The van der Waals surface area contributed by atoms with Crippen molar-refractivity contribution >= 4 is 23.2 Å². The highest BCUT2D eigenvalue weighted by Crippen LogP contribution is 2.30. The van der Waals surface area contributed by atoms with Crippen LogP contribution in [0.4, 0.5) is 21.7 Å². The Morgan fingerprint density at radius 2 is 1.77 bits per heavy atom. The van der Waals surface area contributed by atoms with Crippen molar-refractivity contribution in [2.75, 3.05) is 23.7 Å². The van der Waals surface area contributed by atoms with Gasteiger partial charge in [-0.15, -0.1) is 0 Å². The van der Waals surface area contributed by atoms with Gasteiger partial charge in [0.1, 0.15) is 23.5 Å². The SMILES string of the molecule is CC(Nc1ccccc1F)C(=O)N1CCC(c2ccnc(Nc3ccccn3)c2)CC1. The van der Waals surface area contributed by atoms with Crippen LogP contribution in [0.2, 0.25) is 0 Å². The summed E-state index contributed by atoms with van der Waals surface area (Å²) < 4.78 is 13.9. The summed E-state index contributed by atoms with van der Waals surface area (Å²) in [5.41, 5.74) is 1.56. The summed E-state index contributed by atoms with van der Waals surface area (Å²) in [6.45, 7) is 3.13. The van der Waals surface area contributed by atoms with E-state index in [-0.39, 0.29) is 11.7 Å². The molecule has 3 aromatic rings. The highest BCUT2D eigenvalue weighted by atomic mass is 19.1.